The zero-order chi connectivity index (χ0) is 13.9. The maximum Gasteiger partial charge on any atom is 0.0665 e. The first kappa shape index (κ1) is 13.8. The molecule has 0 fully saturated rings. The summed E-state index contributed by atoms with van der Waals surface area (Å²) in [4.78, 5) is 0. The molecule has 0 aliphatic carbocycles. The van der Waals surface area contributed by atoms with E-state index in [2.05, 4.69) is 62.4 Å². The molecular formula is C16H23N3. The van der Waals surface area contributed by atoms with Gasteiger partial charge in [-0.1, -0.05) is 24.3 Å². The molecule has 0 unspecified atom stereocenters. The molecule has 2 aromatic rings. The molecule has 0 saturated carbocycles. The van der Waals surface area contributed by atoms with E-state index in [9.17, 15) is 0 Å². The van der Waals surface area contributed by atoms with Crippen LogP contribution >= 0.6 is 0 Å². The van der Waals surface area contributed by atoms with Crippen LogP contribution in [0.1, 0.15) is 37.6 Å². The van der Waals surface area contributed by atoms with E-state index in [1.54, 1.807) is 0 Å². The van der Waals surface area contributed by atoms with Crippen LogP contribution in [0.25, 0.3) is 0 Å². The molecule has 0 aliphatic rings. The van der Waals surface area contributed by atoms with Crippen LogP contribution < -0.4 is 5.32 Å². The molecule has 0 atom stereocenters. The van der Waals surface area contributed by atoms with Crippen molar-refractivity contribution >= 4 is 0 Å². The lowest BCUT2D eigenvalue weighted by Gasteiger charge is -2.21. The van der Waals surface area contributed by atoms with Crippen LogP contribution in [0.3, 0.4) is 0 Å². The lowest BCUT2D eigenvalue weighted by molar-refractivity contribution is 0.423. The Morgan fingerprint density at radius 1 is 1.11 bits per heavy atom. The minimum absolute atomic E-state index is 0.134. The minimum Gasteiger partial charge on any atom is -0.308 e. The van der Waals surface area contributed by atoms with Crippen molar-refractivity contribution in [3.05, 3.63) is 53.3 Å². The Hall–Kier alpha value is -1.61. The zero-order valence-electron chi connectivity index (χ0n) is 12.3. The first-order valence-corrected chi connectivity index (χ1v) is 6.76. The first-order valence-electron chi connectivity index (χ1n) is 6.76. The number of aromatic nitrogens is 2. The van der Waals surface area contributed by atoms with Gasteiger partial charge in [0.25, 0.3) is 0 Å². The summed E-state index contributed by atoms with van der Waals surface area (Å²) in [6, 6.07) is 10.6. The predicted molar refractivity (Wildman–Crippen MR) is 79.1 cm³/mol. The predicted octanol–water partition coefficient (Wildman–Crippen LogP) is 3.13. The summed E-state index contributed by atoms with van der Waals surface area (Å²) in [5.74, 6) is 0. The van der Waals surface area contributed by atoms with Crippen molar-refractivity contribution in [2.75, 3.05) is 0 Å². The fourth-order valence-corrected chi connectivity index (χ4v) is 1.97. The van der Waals surface area contributed by atoms with Gasteiger partial charge >= 0.3 is 0 Å². The average Bonchev–Trinajstić information content (AvgIpc) is 2.73. The number of nitrogens with one attached hydrogen (secondary N) is 1. The molecule has 1 N–H and O–H groups in total. The number of nitrogens with zero attached hydrogens (tertiary/aromatic N) is 2. The molecule has 102 valence electrons. The number of hydrogen-bond donors (Lipinski definition) is 1. The summed E-state index contributed by atoms with van der Waals surface area (Å²) in [6.07, 6.45) is 1.85. The Bertz CT molecular complexity index is 535. The Kier molecular flexibility index (Phi) is 4.05. The maximum atomic E-state index is 4.36. The Labute approximate surface area is 115 Å². The largest absolute Gasteiger partial charge is 0.308 e. The minimum atomic E-state index is 0.134. The molecule has 2 rings (SSSR count). The van der Waals surface area contributed by atoms with Crippen LogP contribution in [0.4, 0.5) is 0 Å². The van der Waals surface area contributed by atoms with Crippen molar-refractivity contribution in [1.82, 2.24) is 15.1 Å². The van der Waals surface area contributed by atoms with Crippen LogP contribution in [0.2, 0.25) is 0 Å². The van der Waals surface area contributed by atoms with Gasteiger partial charge in [-0.25, -0.2) is 0 Å². The van der Waals surface area contributed by atoms with Crippen molar-refractivity contribution in [2.24, 2.45) is 0 Å². The standard InChI is InChI=1S/C16H23N3/c1-13-9-10-18-19(13)12-15-8-6-5-7-14(15)11-17-16(2,3)4/h5-10,17H,11-12H2,1-4H3. The fraction of sp³-hybridized carbons (Fsp3) is 0.438. The second-order valence-corrected chi connectivity index (χ2v) is 6.00. The fourth-order valence-electron chi connectivity index (χ4n) is 1.97. The van der Waals surface area contributed by atoms with Gasteiger partial charge in [-0.3, -0.25) is 4.68 Å². The van der Waals surface area contributed by atoms with Crippen molar-refractivity contribution in [1.29, 1.82) is 0 Å². The molecule has 1 heterocycles. The molecule has 1 aromatic heterocycles. The Morgan fingerprint density at radius 3 is 2.37 bits per heavy atom. The van der Waals surface area contributed by atoms with Gasteiger partial charge in [0, 0.05) is 24.0 Å². The number of aryl methyl sites for hydroxylation is 1. The van der Waals surface area contributed by atoms with Crippen LogP contribution in [-0.2, 0) is 13.1 Å². The highest BCUT2D eigenvalue weighted by molar-refractivity contribution is 5.27. The van der Waals surface area contributed by atoms with E-state index in [-0.39, 0.29) is 5.54 Å². The van der Waals surface area contributed by atoms with Gasteiger partial charge < -0.3 is 5.32 Å². The highest BCUT2D eigenvalue weighted by atomic mass is 15.3. The summed E-state index contributed by atoms with van der Waals surface area (Å²) in [5, 5.41) is 7.90. The second kappa shape index (κ2) is 5.57. The lowest BCUT2D eigenvalue weighted by Crippen LogP contribution is -2.35. The van der Waals surface area contributed by atoms with E-state index < -0.39 is 0 Å². The van der Waals surface area contributed by atoms with Gasteiger partial charge in [0.05, 0.1) is 6.54 Å². The van der Waals surface area contributed by atoms with Crippen molar-refractivity contribution in [3.63, 3.8) is 0 Å². The molecular weight excluding hydrogens is 234 g/mol. The first-order chi connectivity index (χ1) is 8.96. The molecule has 0 bridgehead atoms. The van der Waals surface area contributed by atoms with Gasteiger partial charge in [-0.05, 0) is 44.9 Å². The molecule has 3 nitrogen and oxygen atoms in total. The van der Waals surface area contributed by atoms with Gasteiger partial charge in [-0.15, -0.1) is 0 Å². The van der Waals surface area contributed by atoms with Crippen molar-refractivity contribution in [3.8, 4) is 0 Å². The number of rotatable bonds is 4. The summed E-state index contributed by atoms with van der Waals surface area (Å²) in [6.45, 7) is 10.4. The van der Waals surface area contributed by atoms with Gasteiger partial charge in [-0.2, -0.15) is 5.10 Å². The van der Waals surface area contributed by atoms with Crippen molar-refractivity contribution < 1.29 is 0 Å². The lowest BCUT2D eigenvalue weighted by atomic mass is 10.0. The zero-order valence-corrected chi connectivity index (χ0v) is 12.3. The Morgan fingerprint density at radius 2 is 1.79 bits per heavy atom. The molecule has 0 amide bonds. The maximum absolute atomic E-state index is 4.36. The van der Waals surface area contributed by atoms with E-state index in [1.165, 1.54) is 16.8 Å². The van der Waals surface area contributed by atoms with E-state index in [0.717, 1.165) is 13.1 Å². The monoisotopic (exact) mass is 257 g/mol. The molecule has 3 heteroatoms. The average molecular weight is 257 g/mol. The molecule has 0 spiro atoms. The van der Waals surface area contributed by atoms with Crippen molar-refractivity contribution in [2.45, 2.75) is 46.3 Å². The molecule has 0 aliphatic heterocycles. The van der Waals surface area contributed by atoms with Gasteiger partial charge in [0.1, 0.15) is 0 Å². The molecule has 1 aromatic carbocycles. The smallest absolute Gasteiger partial charge is 0.0665 e. The topological polar surface area (TPSA) is 29.9 Å². The molecule has 19 heavy (non-hydrogen) atoms. The van der Waals surface area contributed by atoms with Gasteiger partial charge in [0.2, 0.25) is 0 Å². The number of hydrogen-bond acceptors (Lipinski definition) is 2. The summed E-state index contributed by atoms with van der Waals surface area (Å²) >= 11 is 0. The summed E-state index contributed by atoms with van der Waals surface area (Å²) in [5.41, 5.74) is 3.99. The van der Waals surface area contributed by atoms with Gasteiger partial charge in [0.15, 0.2) is 0 Å². The van der Waals surface area contributed by atoms with E-state index in [4.69, 9.17) is 0 Å². The Balaban J connectivity index is 2.15. The van der Waals surface area contributed by atoms with Crippen LogP contribution in [-0.4, -0.2) is 15.3 Å². The van der Waals surface area contributed by atoms with E-state index >= 15 is 0 Å². The number of benzene rings is 1. The molecule has 0 saturated heterocycles. The third kappa shape index (κ3) is 3.93. The second-order valence-electron chi connectivity index (χ2n) is 6.00. The highest BCUT2D eigenvalue weighted by Crippen LogP contribution is 2.13. The normalized spacial score (nSPS) is 11.8. The third-order valence-electron chi connectivity index (χ3n) is 3.18. The third-order valence-corrected chi connectivity index (χ3v) is 3.18. The van der Waals surface area contributed by atoms with Crippen LogP contribution in [0.15, 0.2) is 36.5 Å². The highest BCUT2D eigenvalue weighted by Gasteiger charge is 2.10. The van der Waals surface area contributed by atoms with E-state index in [1.807, 2.05) is 16.9 Å². The molecule has 0 radical (unpaired) electrons. The quantitative estimate of drug-likeness (QED) is 0.912. The SMILES string of the molecule is Cc1ccnn1Cc1ccccc1CNC(C)(C)C. The summed E-state index contributed by atoms with van der Waals surface area (Å²) < 4.78 is 2.04. The summed E-state index contributed by atoms with van der Waals surface area (Å²) in [7, 11) is 0. The van der Waals surface area contributed by atoms with E-state index in [0.29, 0.717) is 0 Å². The van der Waals surface area contributed by atoms with Crippen LogP contribution in [0.5, 0.6) is 0 Å². The van der Waals surface area contributed by atoms with Crippen LogP contribution in [0, 0.1) is 6.92 Å².